The Hall–Kier alpha value is -2.43. The molecule has 0 aliphatic heterocycles. The number of ether oxygens (including phenoxy) is 1. The fourth-order valence-corrected chi connectivity index (χ4v) is 5.16. The summed E-state index contributed by atoms with van der Waals surface area (Å²) in [6.07, 6.45) is 0. The molecule has 158 valence electrons. The first-order chi connectivity index (χ1) is 14.6. The predicted molar refractivity (Wildman–Crippen MR) is 119 cm³/mol. The molecule has 3 aromatic rings. The first-order valence-corrected chi connectivity index (χ1v) is 11.4. The summed E-state index contributed by atoms with van der Waals surface area (Å²) in [7, 11) is 1.01. The summed E-state index contributed by atoms with van der Waals surface area (Å²) in [5.41, 5.74) is 3.08. The quantitative estimate of drug-likeness (QED) is 0.380. The smallest absolute Gasteiger partial charge is 0.351 e. The lowest BCUT2D eigenvalue weighted by molar-refractivity contribution is 0.176. The van der Waals surface area contributed by atoms with E-state index in [1.54, 1.807) is 7.11 Å². The summed E-state index contributed by atoms with van der Waals surface area (Å²) >= 11 is 0. The molecular formula is C24H28NO4P. The van der Waals surface area contributed by atoms with Crippen molar-refractivity contribution in [2.24, 2.45) is 0 Å². The van der Waals surface area contributed by atoms with Crippen LogP contribution in [0.5, 0.6) is 5.75 Å². The number of benzene rings is 3. The van der Waals surface area contributed by atoms with E-state index in [1.165, 1.54) is 14.2 Å². The van der Waals surface area contributed by atoms with Crippen molar-refractivity contribution in [1.29, 1.82) is 0 Å². The molecule has 1 atom stereocenters. The molecule has 0 fully saturated rings. The number of nitrogens with zero attached hydrogens (tertiary/aromatic N) is 1. The van der Waals surface area contributed by atoms with Crippen LogP contribution in [0.1, 0.15) is 22.5 Å². The van der Waals surface area contributed by atoms with E-state index in [0.717, 1.165) is 22.4 Å². The van der Waals surface area contributed by atoms with E-state index in [1.807, 2.05) is 60.7 Å². The van der Waals surface area contributed by atoms with Gasteiger partial charge in [0.15, 0.2) is 0 Å². The first kappa shape index (κ1) is 22.3. The maximum Gasteiger partial charge on any atom is 0.351 e. The zero-order valence-corrected chi connectivity index (χ0v) is 18.5. The maximum absolute atomic E-state index is 13.7. The van der Waals surface area contributed by atoms with Gasteiger partial charge in [0.2, 0.25) is 0 Å². The van der Waals surface area contributed by atoms with Gasteiger partial charge in [0.25, 0.3) is 0 Å². The van der Waals surface area contributed by atoms with Crippen LogP contribution < -0.4 is 4.74 Å². The van der Waals surface area contributed by atoms with Crippen molar-refractivity contribution >= 4 is 7.60 Å². The Kier molecular flexibility index (Phi) is 7.83. The number of hydrogen-bond acceptors (Lipinski definition) is 5. The minimum absolute atomic E-state index is 0.584. The average molecular weight is 425 g/mol. The van der Waals surface area contributed by atoms with E-state index in [-0.39, 0.29) is 0 Å². The number of rotatable bonds is 10. The molecule has 0 N–H and O–H groups in total. The molecule has 0 aromatic heterocycles. The highest BCUT2D eigenvalue weighted by atomic mass is 31.2. The lowest BCUT2D eigenvalue weighted by Crippen LogP contribution is -2.29. The molecule has 0 saturated heterocycles. The molecule has 0 aliphatic rings. The van der Waals surface area contributed by atoms with E-state index in [4.69, 9.17) is 13.8 Å². The largest absolute Gasteiger partial charge is 0.497 e. The fourth-order valence-electron chi connectivity index (χ4n) is 3.51. The third kappa shape index (κ3) is 5.38. The van der Waals surface area contributed by atoms with E-state index in [2.05, 4.69) is 29.2 Å². The lowest BCUT2D eigenvalue weighted by Gasteiger charge is -2.35. The Bertz CT molecular complexity index is 898. The van der Waals surface area contributed by atoms with Crippen LogP contribution >= 0.6 is 7.60 Å². The summed E-state index contributed by atoms with van der Waals surface area (Å²) in [5.74, 6) is 0.152. The molecule has 30 heavy (non-hydrogen) atoms. The zero-order chi connectivity index (χ0) is 21.4. The van der Waals surface area contributed by atoms with Crippen LogP contribution in [-0.2, 0) is 26.7 Å². The molecule has 0 spiro atoms. The minimum atomic E-state index is -3.48. The third-order valence-electron chi connectivity index (χ3n) is 5.03. The van der Waals surface area contributed by atoms with Gasteiger partial charge in [-0.3, -0.25) is 9.46 Å². The van der Waals surface area contributed by atoms with Crippen molar-refractivity contribution in [2.45, 2.75) is 18.9 Å². The van der Waals surface area contributed by atoms with Crippen molar-refractivity contribution in [3.63, 3.8) is 0 Å². The molecule has 5 nitrogen and oxygen atoms in total. The van der Waals surface area contributed by atoms with Gasteiger partial charge >= 0.3 is 7.60 Å². The second-order valence-electron chi connectivity index (χ2n) is 6.93. The Morgan fingerprint density at radius 1 is 0.733 bits per heavy atom. The van der Waals surface area contributed by atoms with Crippen LogP contribution in [0.15, 0.2) is 84.9 Å². The summed E-state index contributed by atoms with van der Waals surface area (Å²) in [4.78, 5) is 2.14. The van der Waals surface area contributed by atoms with Gasteiger partial charge in [-0.05, 0) is 28.8 Å². The summed E-state index contributed by atoms with van der Waals surface area (Å²) in [6, 6.07) is 27.8. The standard InChI is InChI=1S/C24H28NO4P/c1-27-23-16-14-22(15-17-23)24(30(26,28-2)29-3)25(18-20-10-6-4-7-11-20)19-21-12-8-5-9-13-21/h4-17,24H,18-19H2,1-3H3. The molecule has 6 heteroatoms. The van der Waals surface area contributed by atoms with E-state index < -0.39 is 13.4 Å². The van der Waals surface area contributed by atoms with Crippen molar-refractivity contribution in [1.82, 2.24) is 4.90 Å². The molecule has 0 radical (unpaired) electrons. The highest BCUT2D eigenvalue weighted by Gasteiger charge is 2.40. The minimum Gasteiger partial charge on any atom is -0.497 e. The van der Waals surface area contributed by atoms with Gasteiger partial charge in [0.05, 0.1) is 7.11 Å². The Labute approximate surface area is 178 Å². The van der Waals surface area contributed by atoms with Crippen LogP contribution in [0, 0.1) is 0 Å². The molecule has 0 heterocycles. The van der Waals surface area contributed by atoms with Gasteiger partial charge in [-0.25, -0.2) is 0 Å². The predicted octanol–water partition coefficient (Wildman–Crippen LogP) is 5.88. The van der Waals surface area contributed by atoms with Gasteiger partial charge in [-0.1, -0.05) is 72.8 Å². The molecule has 1 unspecified atom stereocenters. The third-order valence-corrected chi connectivity index (χ3v) is 7.27. The van der Waals surface area contributed by atoms with Crippen LogP contribution in [-0.4, -0.2) is 26.2 Å². The van der Waals surface area contributed by atoms with Gasteiger partial charge in [0, 0.05) is 27.3 Å². The maximum atomic E-state index is 13.7. The molecule has 0 aliphatic carbocycles. The number of methoxy groups -OCH3 is 1. The Morgan fingerprint density at radius 3 is 1.60 bits per heavy atom. The van der Waals surface area contributed by atoms with Crippen LogP contribution in [0.2, 0.25) is 0 Å². The first-order valence-electron chi connectivity index (χ1n) is 9.76. The highest BCUT2D eigenvalue weighted by Crippen LogP contribution is 2.61. The summed E-state index contributed by atoms with van der Waals surface area (Å²) in [5, 5.41) is 0. The van der Waals surface area contributed by atoms with Gasteiger partial charge in [-0.2, -0.15) is 0 Å². The molecule has 0 saturated carbocycles. The van der Waals surface area contributed by atoms with Gasteiger partial charge < -0.3 is 13.8 Å². The van der Waals surface area contributed by atoms with E-state index >= 15 is 0 Å². The molecule has 0 bridgehead atoms. The highest BCUT2D eigenvalue weighted by molar-refractivity contribution is 7.54. The van der Waals surface area contributed by atoms with Crippen LogP contribution in [0.3, 0.4) is 0 Å². The Balaban J connectivity index is 2.07. The monoisotopic (exact) mass is 425 g/mol. The Morgan fingerprint density at radius 2 is 1.20 bits per heavy atom. The van der Waals surface area contributed by atoms with Crippen molar-refractivity contribution < 1.29 is 18.3 Å². The zero-order valence-electron chi connectivity index (χ0n) is 17.6. The van der Waals surface area contributed by atoms with Crippen molar-refractivity contribution in [2.75, 3.05) is 21.3 Å². The second-order valence-corrected chi connectivity index (χ2v) is 9.23. The molecule has 3 aromatic carbocycles. The molecular weight excluding hydrogens is 397 g/mol. The van der Waals surface area contributed by atoms with Gasteiger partial charge in [0.1, 0.15) is 11.5 Å². The second kappa shape index (κ2) is 10.6. The number of hydrogen-bond donors (Lipinski definition) is 0. The molecule has 0 amide bonds. The summed E-state index contributed by atoms with van der Waals surface area (Å²) in [6.45, 7) is 1.17. The van der Waals surface area contributed by atoms with E-state index in [0.29, 0.717) is 13.1 Å². The lowest BCUT2D eigenvalue weighted by atomic mass is 10.1. The van der Waals surface area contributed by atoms with Crippen molar-refractivity contribution in [3.8, 4) is 5.75 Å². The SMILES string of the molecule is COc1ccc(C(N(Cc2ccccc2)Cc2ccccc2)P(=O)(OC)OC)cc1. The average Bonchev–Trinajstić information content (AvgIpc) is 2.81. The van der Waals surface area contributed by atoms with Crippen LogP contribution in [0.4, 0.5) is 0 Å². The topological polar surface area (TPSA) is 48.0 Å². The molecule has 3 rings (SSSR count). The van der Waals surface area contributed by atoms with Gasteiger partial charge in [-0.15, -0.1) is 0 Å². The van der Waals surface area contributed by atoms with Crippen LogP contribution in [0.25, 0.3) is 0 Å². The fraction of sp³-hybridized carbons (Fsp3) is 0.250. The van der Waals surface area contributed by atoms with E-state index in [9.17, 15) is 4.57 Å². The summed E-state index contributed by atoms with van der Waals surface area (Å²) < 4.78 is 30.0. The normalized spacial score (nSPS) is 12.7. The van der Waals surface area contributed by atoms with Crippen molar-refractivity contribution in [3.05, 3.63) is 102 Å².